The zero-order chi connectivity index (χ0) is 27.1. The van der Waals surface area contributed by atoms with E-state index in [1.54, 1.807) is 13.1 Å². The van der Waals surface area contributed by atoms with Crippen LogP contribution in [0, 0.1) is 19.7 Å². The third-order valence-electron chi connectivity index (χ3n) is 6.12. The van der Waals surface area contributed by atoms with E-state index in [0.29, 0.717) is 57.5 Å². The molecule has 39 heavy (non-hydrogen) atoms. The Balaban J connectivity index is 1.25. The highest BCUT2D eigenvalue weighted by atomic mass is 32.1. The summed E-state index contributed by atoms with van der Waals surface area (Å²) in [6, 6.07) is 5.31. The molecule has 12 heteroatoms. The molecule has 3 aromatic heterocycles. The first-order valence-electron chi connectivity index (χ1n) is 12.3. The van der Waals surface area contributed by atoms with Gasteiger partial charge < -0.3 is 14.2 Å². The summed E-state index contributed by atoms with van der Waals surface area (Å²) in [7, 11) is 0. The smallest absolute Gasteiger partial charge is 0.411 e. The summed E-state index contributed by atoms with van der Waals surface area (Å²) in [6.45, 7) is 6.05. The van der Waals surface area contributed by atoms with Gasteiger partial charge in [0.25, 0.3) is 0 Å². The zero-order valence-electron chi connectivity index (χ0n) is 21.3. The second-order valence-corrected chi connectivity index (χ2v) is 10.0. The third kappa shape index (κ3) is 4.90. The Kier molecular flexibility index (Phi) is 6.39. The van der Waals surface area contributed by atoms with Crippen LogP contribution in [0.25, 0.3) is 31.8 Å². The Bertz CT molecular complexity index is 1730. The molecule has 4 heterocycles. The van der Waals surface area contributed by atoms with Crippen LogP contribution in [-0.2, 0) is 11.2 Å². The lowest BCUT2D eigenvalue weighted by Crippen LogP contribution is -2.25. The number of rotatable bonds is 6. The highest BCUT2D eigenvalue weighted by Crippen LogP contribution is 2.43. The molecule has 0 fully saturated rings. The maximum absolute atomic E-state index is 15.0. The molecular formula is C27H23FN6O4S. The summed E-state index contributed by atoms with van der Waals surface area (Å²) in [5, 5.41) is 3.26. The largest absolute Gasteiger partial charge is 0.483 e. The van der Waals surface area contributed by atoms with Gasteiger partial charge in [0.1, 0.15) is 23.5 Å². The monoisotopic (exact) mass is 546 g/mol. The van der Waals surface area contributed by atoms with E-state index in [2.05, 4.69) is 25.3 Å². The number of nitrogens with one attached hydrogen (secondary N) is 1. The van der Waals surface area contributed by atoms with Gasteiger partial charge in [-0.3, -0.25) is 5.32 Å². The first-order valence-corrected chi connectivity index (χ1v) is 13.1. The standard InChI is InChI=1S/C27H23FN6O4S/c1-4-36-22-11-31-23-17(5-13(2)6-20(23)33-22)26-34-21-8-19(28)24-18(25(21)39-26)7-16(38-24)12-37-27(35)32-15-9-29-14(3)30-10-15/h5-6,8-11,16H,4,7,12H2,1-3H3,(H,32,35)/t16-/m1/s1. The van der Waals surface area contributed by atoms with Crippen LogP contribution >= 0.6 is 11.3 Å². The number of carbonyl (C=O) groups excluding carboxylic acids is 1. The van der Waals surface area contributed by atoms with Crippen LogP contribution in [0.5, 0.6) is 11.6 Å². The highest BCUT2D eigenvalue weighted by molar-refractivity contribution is 7.22. The number of hydrogen-bond acceptors (Lipinski definition) is 10. The Morgan fingerprint density at radius 3 is 2.74 bits per heavy atom. The van der Waals surface area contributed by atoms with Gasteiger partial charge in [0.2, 0.25) is 5.88 Å². The molecule has 0 saturated heterocycles. The number of amides is 1. The van der Waals surface area contributed by atoms with E-state index in [0.717, 1.165) is 15.8 Å². The van der Waals surface area contributed by atoms with Gasteiger partial charge in [-0.25, -0.2) is 34.1 Å². The fourth-order valence-electron chi connectivity index (χ4n) is 4.44. The molecule has 2 aromatic carbocycles. The number of anilines is 1. The molecule has 198 valence electrons. The molecule has 0 unspecified atom stereocenters. The summed E-state index contributed by atoms with van der Waals surface area (Å²) >= 11 is 1.44. The first kappa shape index (κ1) is 24.9. The molecule has 1 aliphatic heterocycles. The van der Waals surface area contributed by atoms with Gasteiger partial charge in [0.05, 0.1) is 52.1 Å². The number of carbonyl (C=O) groups is 1. The predicted octanol–water partition coefficient (Wildman–Crippen LogP) is 5.40. The van der Waals surface area contributed by atoms with Crippen LogP contribution in [0.3, 0.4) is 0 Å². The lowest BCUT2D eigenvalue weighted by Gasteiger charge is -2.12. The van der Waals surface area contributed by atoms with Crippen molar-refractivity contribution in [2.45, 2.75) is 33.3 Å². The number of aryl methyl sites for hydroxylation is 2. The minimum absolute atomic E-state index is 0.0555. The summed E-state index contributed by atoms with van der Waals surface area (Å²) in [5.41, 5.74) is 4.83. The Morgan fingerprint density at radius 1 is 1.13 bits per heavy atom. The van der Waals surface area contributed by atoms with Crippen molar-refractivity contribution in [3.63, 3.8) is 0 Å². The maximum atomic E-state index is 15.0. The number of fused-ring (bicyclic) bond motifs is 4. The number of benzene rings is 2. The molecule has 1 N–H and O–H groups in total. The average molecular weight is 547 g/mol. The Labute approximate surface area is 226 Å². The van der Waals surface area contributed by atoms with Crippen molar-refractivity contribution in [2.24, 2.45) is 0 Å². The number of thiazole rings is 1. The summed E-state index contributed by atoms with van der Waals surface area (Å²) in [5.74, 6) is 0.698. The summed E-state index contributed by atoms with van der Waals surface area (Å²) < 4.78 is 32.5. The number of hydrogen-bond donors (Lipinski definition) is 1. The SMILES string of the molecule is CCOc1cnc2c(-c3nc4cc(F)c5c(c4s3)C[C@H](COC(=O)Nc3cnc(C)nc3)O5)cc(C)cc2n1. The Morgan fingerprint density at radius 2 is 1.95 bits per heavy atom. The van der Waals surface area contributed by atoms with Crippen molar-refractivity contribution in [2.75, 3.05) is 18.5 Å². The van der Waals surface area contributed by atoms with Crippen LogP contribution in [0.2, 0.25) is 0 Å². The van der Waals surface area contributed by atoms with Gasteiger partial charge >= 0.3 is 6.09 Å². The third-order valence-corrected chi connectivity index (χ3v) is 7.28. The predicted molar refractivity (Wildman–Crippen MR) is 144 cm³/mol. The van der Waals surface area contributed by atoms with E-state index in [4.69, 9.17) is 19.2 Å². The van der Waals surface area contributed by atoms with E-state index in [1.165, 1.54) is 29.8 Å². The first-order chi connectivity index (χ1) is 18.9. The van der Waals surface area contributed by atoms with Gasteiger partial charge in [0.15, 0.2) is 11.6 Å². The molecular weight excluding hydrogens is 523 g/mol. The molecule has 0 radical (unpaired) electrons. The maximum Gasteiger partial charge on any atom is 0.411 e. The minimum atomic E-state index is -0.673. The molecule has 0 spiro atoms. The van der Waals surface area contributed by atoms with Gasteiger partial charge in [-0.1, -0.05) is 0 Å². The van der Waals surface area contributed by atoms with Gasteiger partial charge in [-0.15, -0.1) is 11.3 Å². The van der Waals surface area contributed by atoms with E-state index in [1.807, 2.05) is 26.0 Å². The summed E-state index contributed by atoms with van der Waals surface area (Å²) in [6.07, 6.45) is 3.73. The van der Waals surface area contributed by atoms with Crippen LogP contribution in [0.1, 0.15) is 23.9 Å². The molecule has 6 rings (SSSR count). The zero-order valence-corrected chi connectivity index (χ0v) is 22.1. The summed E-state index contributed by atoms with van der Waals surface area (Å²) in [4.78, 5) is 34.2. The second-order valence-electron chi connectivity index (χ2n) is 9.04. The quantitative estimate of drug-likeness (QED) is 0.298. The van der Waals surface area contributed by atoms with E-state index < -0.39 is 18.0 Å². The van der Waals surface area contributed by atoms with Gasteiger partial charge in [-0.05, 0) is 38.5 Å². The van der Waals surface area contributed by atoms with Crippen molar-refractivity contribution >= 4 is 44.4 Å². The van der Waals surface area contributed by atoms with Crippen LogP contribution < -0.4 is 14.8 Å². The lowest BCUT2D eigenvalue weighted by atomic mass is 10.1. The number of nitrogens with zero attached hydrogens (tertiary/aromatic N) is 5. The average Bonchev–Trinajstić information content (AvgIpc) is 3.53. The molecule has 0 bridgehead atoms. The fourth-order valence-corrected chi connectivity index (χ4v) is 5.56. The molecule has 1 amide bonds. The molecule has 10 nitrogen and oxygen atoms in total. The van der Waals surface area contributed by atoms with E-state index in [-0.39, 0.29) is 12.4 Å². The fraction of sp³-hybridized carbons (Fsp3) is 0.259. The molecule has 1 aliphatic rings. The number of ether oxygens (including phenoxy) is 3. The lowest BCUT2D eigenvalue weighted by molar-refractivity contribution is 0.100. The normalized spacial score (nSPS) is 14.3. The van der Waals surface area contributed by atoms with Gasteiger partial charge in [-0.2, -0.15) is 0 Å². The van der Waals surface area contributed by atoms with Crippen molar-refractivity contribution < 1.29 is 23.4 Å². The van der Waals surface area contributed by atoms with Crippen LogP contribution in [0.4, 0.5) is 14.9 Å². The van der Waals surface area contributed by atoms with Crippen molar-refractivity contribution in [1.29, 1.82) is 0 Å². The molecule has 0 saturated carbocycles. The Hall–Kier alpha value is -4.45. The second kappa shape index (κ2) is 10.0. The van der Waals surface area contributed by atoms with Gasteiger partial charge in [0, 0.05) is 23.6 Å². The molecule has 1 atom stereocenters. The van der Waals surface area contributed by atoms with Crippen molar-refractivity contribution in [3.8, 4) is 22.2 Å². The number of aromatic nitrogens is 5. The van der Waals surface area contributed by atoms with E-state index >= 15 is 4.39 Å². The highest BCUT2D eigenvalue weighted by Gasteiger charge is 2.31. The van der Waals surface area contributed by atoms with Crippen LogP contribution in [0.15, 0.2) is 36.8 Å². The molecule has 5 aromatic rings. The van der Waals surface area contributed by atoms with Crippen LogP contribution in [-0.4, -0.2) is 50.3 Å². The van der Waals surface area contributed by atoms with E-state index in [9.17, 15) is 4.79 Å². The molecule has 0 aliphatic carbocycles. The number of halogens is 1. The van der Waals surface area contributed by atoms with Crippen molar-refractivity contribution in [1.82, 2.24) is 24.9 Å². The topological polar surface area (TPSA) is 121 Å². The minimum Gasteiger partial charge on any atom is -0.483 e. The van der Waals surface area contributed by atoms with Crippen molar-refractivity contribution in [3.05, 3.63) is 59.6 Å².